The number of amides is 1. The minimum absolute atomic E-state index is 0.110. The molecule has 11 heteroatoms. The van der Waals surface area contributed by atoms with E-state index in [0.717, 1.165) is 23.2 Å². The predicted octanol–water partition coefficient (Wildman–Crippen LogP) is 3.45. The number of hydrogen-bond donors (Lipinski definition) is 1. The number of aromatic amines is 1. The first kappa shape index (κ1) is 19.7. The third kappa shape index (κ3) is 3.65. The highest BCUT2D eigenvalue weighted by atomic mass is 19.4. The van der Waals surface area contributed by atoms with Gasteiger partial charge in [-0.3, -0.25) is 14.9 Å². The molecule has 0 spiro atoms. The summed E-state index contributed by atoms with van der Waals surface area (Å²) in [6, 6.07) is 7.62. The predicted molar refractivity (Wildman–Crippen MR) is 102 cm³/mol. The van der Waals surface area contributed by atoms with Crippen molar-refractivity contribution < 1.29 is 22.9 Å². The van der Waals surface area contributed by atoms with Crippen molar-refractivity contribution in [2.24, 2.45) is 0 Å². The molecule has 0 saturated carbocycles. The van der Waals surface area contributed by atoms with Crippen LogP contribution in [-0.4, -0.2) is 51.9 Å². The molecule has 0 unspecified atom stereocenters. The Balaban J connectivity index is 1.50. The molecule has 0 radical (unpaired) electrons. The number of nitro benzene ring substituents is 1. The van der Waals surface area contributed by atoms with Crippen LogP contribution >= 0.6 is 0 Å². The van der Waals surface area contributed by atoms with Gasteiger partial charge in [-0.05, 0) is 30.3 Å². The molecule has 1 aliphatic heterocycles. The number of benzene rings is 2. The van der Waals surface area contributed by atoms with Crippen LogP contribution < -0.4 is 4.90 Å². The fourth-order valence-electron chi connectivity index (χ4n) is 3.52. The lowest BCUT2D eigenvalue weighted by Crippen LogP contribution is -2.49. The number of alkyl halides is 3. The highest BCUT2D eigenvalue weighted by Gasteiger charge is 2.34. The first-order chi connectivity index (χ1) is 14.2. The Morgan fingerprint density at radius 2 is 1.83 bits per heavy atom. The number of carbonyl (C=O) groups excluding carboxylic acids is 1. The quantitative estimate of drug-likeness (QED) is 0.518. The number of piperazine rings is 1. The Bertz CT molecular complexity index is 1120. The van der Waals surface area contributed by atoms with Crippen molar-refractivity contribution in [3.05, 3.63) is 64.0 Å². The topological polar surface area (TPSA) is 95.4 Å². The zero-order chi connectivity index (χ0) is 21.5. The highest BCUT2D eigenvalue weighted by molar-refractivity contribution is 5.97. The van der Waals surface area contributed by atoms with E-state index in [1.54, 1.807) is 28.0 Å². The van der Waals surface area contributed by atoms with Crippen LogP contribution in [0.5, 0.6) is 0 Å². The fourth-order valence-corrected chi connectivity index (χ4v) is 3.52. The lowest BCUT2D eigenvalue weighted by atomic mass is 10.1. The first-order valence-electron chi connectivity index (χ1n) is 9.07. The fraction of sp³-hybridized carbons (Fsp3) is 0.263. The summed E-state index contributed by atoms with van der Waals surface area (Å²) in [6.45, 7) is 1.12. The zero-order valence-corrected chi connectivity index (χ0v) is 15.5. The summed E-state index contributed by atoms with van der Waals surface area (Å²) >= 11 is 0. The molecular formula is C19H16F3N5O3. The number of imidazole rings is 1. The molecule has 30 heavy (non-hydrogen) atoms. The van der Waals surface area contributed by atoms with Gasteiger partial charge in [-0.25, -0.2) is 4.98 Å². The third-order valence-corrected chi connectivity index (χ3v) is 5.07. The standard InChI is InChI=1S/C19H16F3N5O3/c20-19(21,22)13-2-4-16(17(10-13)27(29)30)25-5-7-26(8-6-25)18(28)12-1-3-14-15(9-12)24-11-23-14/h1-4,9-11H,5-8H2,(H,23,24). The number of carbonyl (C=O) groups is 1. The second-order valence-corrected chi connectivity index (χ2v) is 6.87. The van der Waals surface area contributed by atoms with Crippen LogP contribution in [0.15, 0.2) is 42.7 Å². The van der Waals surface area contributed by atoms with Gasteiger partial charge in [0.25, 0.3) is 11.6 Å². The Kier molecular flexibility index (Phi) is 4.80. The van der Waals surface area contributed by atoms with Gasteiger partial charge in [0.1, 0.15) is 5.69 Å². The van der Waals surface area contributed by atoms with Gasteiger partial charge >= 0.3 is 6.18 Å². The van der Waals surface area contributed by atoms with Crippen molar-refractivity contribution in [3.8, 4) is 0 Å². The second kappa shape index (κ2) is 7.32. The molecule has 1 amide bonds. The molecule has 2 heterocycles. The van der Waals surface area contributed by atoms with Crippen LogP contribution in [0.1, 0.15) is 15.9 Å². The van der Waals surface area contributed by atoms with Crippen molar-refractivity contribution >= 4 is 28.3 Å². The van der Waals surface area contributed by atoms with E-state index in [1.807, 2.05) is 0 Å². The van der Waals surface area contributed by atoms with E-state index in [1.165, 1.54) is 6.33 Å². The van der Waals surface area contributed by atoms with E-state index < -0.39 is 22.4 Å². The maximum absolute atomic E-state index is 12.9. The molecule has 1 saturated heterocycles. The van der Waals surface area contributed by atoms with Crippen molar-refractivity contribution in [2.45, 2.75) is 6.18 Å². The molecule has 4 rings (SSSR count). The first-order valence-corrected chi connectivity index (χ1v) is 9.07. The summed E-state index contributed by atoms with van der Waals surface area (Å²) in [7, 11) is 0. The summed E-state index contributed by atoms with van der Waals surface area (Å²) < 4.78 is 38.7. The minimum Gasteiger partial charge on any atom is -0.362 e. The Labute approximate surface area is 168 Å². The van der Waals surface area contributed by atoms with Gasteiger partial charge in [-0.15, -0.1) is 0 Å². The molecule has 3 aromatic rings. The number of rotatable bonds is 3. The molecule has 2 aromatic carbocycles. The highest BCUT2D eigenvalue weighted by Crippen LogP contribution is 2.36. The van der Waals surface area contributed by atoms with E-state index in [2.05, 4.69) is 9.97 Å². The SMILES string of the molecule is O=C(c1ccc2nc[nH]c2c1)N1CCN(c2ccc(C(F)(F)F)cc2[N+](=O)[O-])CC1. The molecule has 0 aliphatic carbocycles. The Morgan fingerprint density at radius 1 is 1.10 bits per heavy atom. The smallest absolute Gasteiger partial charge is 0.362 e. The number of H-pyrrole nitrogens is 1. The summed E-state index contributed by atoms with van der Waals surface area (Å²) in [6.07, 6.45) is -3.13. The van der Waals surface area contributed by atoms with Crippen LogP contribution in [0.2, 0.25) is 0 Å². The number of fused-ring (bicyclic) bond motifs is 1. The third-order valence-electron chi connectivity index (χ3n) is 5.07. The van der Waals surface area contributed by atoms with Crippen molar-refractivity contribution in [3.63, 3.8) is 0 Å². The van der Waals surface area contributed by atoms with E-state index >= 15 is 0 Å². The van der Waals surface area contributed by atoms with E-state index in [0.29, 0.717) is 11.6 Å². The summed E-state index contributed by atoms with van der Waals surface area (Å²) in [5.41, 5.74) is 0.404. The number of nitrogens with one attached hydrogen (secondary N) is 1. The van der Waals surface area contributed by atoms with E-state index in [-0.39, 0.29) is 37.8 Å². The zero-order valence-electron chi connectivity index (χ0n) is 15.5. The molecule has 1 N–H and O–H groups in total. The van der Waals surface area contributed by atoms with Crippen LogP contribution in [-0.2, 0) is 6.18 Å². The molecular weight excluding hydrogens is 403 g/mol. The molecule has 8 nitrogen and oxygen atoms in total. The molecule has 1 aliphatic rings. The van der Waals surface area contributed by atoms with E-state index in [9.17, 15) is 28.1 Å². The summed E-state index contributed by atoms with van der Waals surface area (Å²) in [5, 5.41) is 11.3. The Hall–Kier alpha value is -3.63. The second-order valence-electron chi connectivity index (χ2n) is 6.87. The van der Waals surface area contributed by atoms with Gasteiger partial charge in [0.2, 0.25) is 0 Å². The average molecular weight is 419 g/mol. The van der Waals surface area contributed by atoms with Crippen molar-refractivity contribution in [1.29, 1.82) is 0 Å². The van der Waals surface area contributed by atoms with Gasteiger partial charge < -0.3 is 14.8 Å². The lowest BCUT2D eigenvalue weighted by Gasteiger charge is -2.36. The van der Waals surface area contributed by atoms with Crippen molar-refractivity contribution in [1.82, 2.24) is 14.9 Å². The van der Waals surface area contributed by atoms with Crippen LogP contribution in [0, 0.1) is 10.1 Å². The van der Waals surface area contributed by atoms with Gasteiger partial charge in [-0.2, -0.15) is 13.2 Å². The molecule has 156 valence electrons. The van der Waals surface area contributed by atoms with Gasteiger partial charge in [0, 0.05) is 37.8 Å². The number of halogens is 3. The summed E-state index contributed by atoms with van der Waals surface area (Å²) in [4.78, 5) is 33.6. The minimum atomic E-state index is -4.66. The monoisotopic (exact) mass is 419 g/mol. The number of aromatic nitrogens is 2. The van der Waals surface area contributed by atoms with E-state index in [4.69, 9.17) is 0 Å². The van der Waals surface area contributed by atoms with Crippen LogP contribution in [0.4, 0.5) is 24.5 Å². The van der Waals surface area contributed by atoms with Gasteiger partial charge in [-0.1, -0.05) is 0 Å². The lowest BCUT2D eigenvalue weighted by molar-refractivity contribution is -0.384. The molecule has 0 atom stereocenters. The molecule has 0 bridgehead atoms. The maximum atomic E-state index is 12.9. The largest absolute Gasteiger partial charge is 0.416 e. The molecule has 1 aromatic heterocycles. The maximum Gasteiger partial charge on any atom is 0.416 e. The molecule has 1 fully saturated rings. The Morgan fingerprint density at radius 3 is 2.50 bits per heavy atom. The number of anilines is 1. The summed E-state index contributed by atoms with van der Waals surface area (Å²) in [5.74, 6) is -0.187. The van der Waals surface area contributed by atoms with Crippen molar-refractivity contribution in [2.75, 3.05) is 31.1 Å². The number of hydrogen-bond acceptors (Lipinski definition) is 5. The van der Waals surface area contributed by atoms with Crippen LogP contribution in [0.3, 0.4) is 0 Å². The normalized spacial score (nSPS) is 14.9. The number of nitrogens with zero attached hydrogens (tertiary/aromatic N) is 4. The van der Waals surface area contributed by atoms with Gasteiger partial charge in [0.15, 0.2) is 0 Å². The van der Waals surface area contributed by atoms with Crippen LogP contribution in [0.25, 0.3) is 11.0 Å². The van der Waals surface area contributed by atoms with Gasteiger partial charge in [0.05, 0.1) is 27.8 Å². The average Bonchev–Trinajstić information content (AvgIpc) is 3.20. The number of nitro groups is 1.